The van der Waals surface area contributed by atoms with Gasteiger partial charge in [0.2, 0.25) is 0 Å². The highest BCUT2D eigenvalue weighted by Gasteiger charge is 2.06. The van der Waals surface area contributed by atoms with Crippen molar-refractivity contribution >= 4 is 50.5 Å². The highest BCUT2D eigenvalue weighted by Crippen LogP contribution is 2.38. The quantitative estimate of drug-likeness (QED) is 0.594. The van der Waals surface area contributed by atoms with E-state index in [2.05, 4.69) is 6.26 Å². The molecule has 13 heavy (non-hydrogen) atoms. The van der Waals surface area contributed by atoms with Gasteiger partial charge in [-0.05, 0) is 24.5 Å². The van der Waals surface area contributed by atoms with Crippen LogP contribution < -0.4 is 5.73 Å². The topological polar surface area (TPSA) is 26.0 Å². The summed E-state index contributed by atoms with van der Waals surface area (Å²) >= 11 is 9.19. The van der Waals surface area contributed by atoms with Crippen LogP contribution in [-0.2, 0) is 0 Å². The Balaban J connectivity index is 2.83. The first kappa shape index (κ1) is 9.19. The molecular formula is C9H8ClNS2. The summed E-state index contributed by atoms with van der Waals surface area (Å²) in [5.41, 5.74) is 6.65. The monoisotopic (exact) mass is 229 g/mol. The van der Waals surface area contributed by atoms with Gasteiger partial charge >= 0.3 is 0 Å². The first-order valence-corrected chi connectivity index (χ1v) is 6.16. The predicted molar refractivity (Wildman–Crippen MR) is 63.0 cm³/mol. The summed E-state index contributed by atoms with van der Waals surface area (Å²) in [6, 6.07) is 5.94. The van der Waals surface area contributed by atoms with Gasteiger partial charge in [-0.3, -0.25) is 0 Å². The van der Waals surface area contributed by atoms with E-state index in [4.69, 9.17) is 17.3 Å². The smallest absolute Gasteiger partial charge is 0.0942 e. The van der Waals surface area contributed by atoms with Gasteiger partial charge in [-0.2, -0.15) is 0 Å². The van der Waals surface area contributed by atoms with Gasteiger partial charge in [0.1, 0.15) is 0 Å². The number of benzene rings is 1. The number of fused-ring (bicyclic) bond motifs is 1. The third-order valence-corrected chi connectivity index (χ3v) is 3.97. The second-order valence-corrected chi connectivity index (χ2v) is 5.18. The van der Waals surface area contributed by atoms with E-state index < -0.39 is 0 Å². The van der Waals surface area contributed by atoms with Gasteiger partial charge in [0.25, 0.3) is 0 Å². The molecule has 1 aromatic heterocycles. The van der Waals surface area contributed by atoms with Crippen LogP contribution in [0.3, 0.4) is 0 Å². The maximum atomic E-state index is 5.94. The fraction of sp³-hybridized carbons (Fsp3) is 0.111. The Morgan fingerprint density at radius 2 is 2.23 bits per heavy atom. The van der Waals surface area contributed by atoms with Crippen molar-refractivity contribution in [3.05, 3.63) is 22.5 Å². The summed E-state index contributed by atoms with van der Waals surface area (Å²) in [7, 11) is 0. The van der Waals surface area contributed by atoms with Crippen LogP contribution in [0.5, 0.6) is 0 Å². The molecule has 2 N–H and O–H groups in total. The number of halogens is 1. The van der Waals surface area contributed by atoms with Crippen LogP contribution in [0.1, 0.15) is 0 Å². The molecule has 0 atom stereocenters. The van der Waals surface area contributed by atoms with Gasteiger partial charge < -0.3 is 5.73 Å². The zero-order valence-electron chi connectivity index (χ0n) is 7.00. The van der Waals surface area contributed by atoms with Crippen LogP contribution in [0.2, 0.25) is 4.34 Å². The second kappa shape index (κ2) is 3.40. The number of anilines is 1. The molecule has 0 fully saturated rings. The number of thioether (sulfide) groups is 1. The third kappa shape index (κ3) is 1.52. The van der Waals surface area contributed by atoms with Crippen molar-refractivity contribution in [1.82, 2.24) is 0 Å². The lowest BCUT2D eigenvalue weighted by Gasteiger charge is -2.00. The first-order chi connectivity index (χ1) is 6.22. The molecule has 2 aromatic rings. The molecule has 0 aliphatic heterocycles. The molecule has 0 spiro atoms. The fourth-order valence-corrected chi connectivity index (χ4v) is 3.09. The minimum Gasteiger partial charge on any atom is -0.398 e. The molecule has 0 amide bonds. The molecule has 0 aliphatic carbocycles. The number of rotatable bonds is 1. The maximum absolute atomic E-state index is 5.94. The van der Waals surface area contributed by atoms with E-state index in [-0.39, 0.29) is 0 Å². The zero-order valence-corrected chi connectivity index (χ0v) is 9.39. The number of hydrogen-bond acceptors (Lipinski definition) is 3. The summed E-state index contributed by atoms with van der Waals surface area (Å²) in [4.78, 5) is 1.23. The number of hydrogen-bond donors (Lipinski definition) is 1. The minimum atomic E-state index is 0.795. The standard InChI is InChI=1S/C9H8ClNS2/c1-12-7-3-2-6(11)9-5(7)4-8(10)13-9/h2-4H,11H2,1H3. The molecule has 1 nitrogen and oxygen atoms in total. The number of nitrogens with two attached hydrogens (primary N) is 1. The molecule has 1 heterocycles. The highest BCUT2D eigenvalue weighted by molar-refractivity contribution is 7.98. The molecule has 0 unspecified atom stereocenters. The van der Waals surface area contributed by atoms with E-state index in [9.17, 15) is 0 Å². The first-order valence-electron chi connectivity index (χ1n) is 3.74. The third-order valence-electron chi connectivity index (χ3n) is 1.86. The Kier molecular flexibility index (Phi) is 2.41. The summed E-state index contributed by atoms with van der Waals surface area (Å²) in [6.07, 6.45) is 2.05. The van der Waals surface area contributed by atoms with Crippen molar-refractivity contribution < 1.29 is 0 Å². The van der Waals surface area contributed by atoms with Crippen molar-refractivity contribution in [1.29, 1.82) is 0 Å². The molecular weight excluding hydrogens is 222 g/mol. The summed E-state index contributed by atoms with van der Waals surface area (Å²) in [6.45, 7) is 0. The van der Waals surface area contributed by atoms with Crippen molar-refractivity contribution in [3.8, 4) is 0 Å². The van der Waals surface area contributed by atoms with Gasteiger partial charge in [-0.1, -0.05) is 11.6 Å². The number of thiophene rings is 1. The Hall–Kier alpha value is -0.380. The summed E-state index contributed by atoms with van der Waals surface area (Å²) < 4.78 is 1.89. The van der Waals surface area contributed by atoms with Crippen LogP contribution in [0.25, 0.3) is 10.1 Å². The molecule has 0 aliphatic rings. The Morgan fingerprint density at radius 1 is 1.46 bits per heavy atom. The van der Waals surface area contributed by atoms with Gasteiger partial charge in [0.05, 0.1) is 9.04 Å². The van der Waals surface area contributed by atoms with Crippen molar-refractivity contribution in [3.63, 3.8) is 0 Å². The van der Waals surface area contributed by atoms with Crippen LogP contribution in [0.4, 0.5) is 5.69 Å². The van der Waals surface area contributed by atoms with Gasteiger partial charge in [0, 0.05) is 16.0 Å². The molecule has 1 aromatic carbocycles. The van der Waals surface area contributed by atoms with E-state index in [1.807, 2.05) is 18.2 Å². The largest absolute Gasteiger partial charge is 0.398 e. The Morgan fingerprint density at radius 3 is 2.92 bits per heavy atom. The van der Waals surface area contributed by atoms with E-state index in [1.54, 1.807) is 11.8 Å². The predicted octanol–water partition coefficient (Wildman–Crippen LogP) is 3.86. The lowest BCUT2D eigenvalue weighted by Crippen LogP contribution is -1.84. The van der Waals surface area contributed by atoms with Crippen molar-refractivity contribution in [2.75, 3.05) is 12.0 Å². The molecule has 4 heteroatoms. The minimum absolute atomic E-state index is 0.795. The zero-order chi connectivity index (χ0) is 9.42. The molecule has 0 saturated heterocycles. The maximum Gasteiger partial charge on any atom is 0.0942 e. The second-order valence-electron chi connectivity index (χ2n) is 2.65. The van der Waals surface area contributed by atoms with Crippen LogP contribution in [0.15, 0.2) is 23.1 Å². The average Bonchev–Trinajstić information content (AvgIpc) is 2.48. The van der Waals surface area contributed by atoms with Gasteiger partial charge in [-0.15, -0.1) is 23.1 Å². The SMILES string of the molecule is CSc1ccc(N)c2sc(Cl)cc12. The Bertz CT molecular complexity index is 450. The van der Waals surface area contributed by atoms with Crippen LogP contribution >= 0.6 is 34.7 Å². The molecule has 0 saturated carbocycles. The molecule has 0 bridgehead atoms. The van der Waals surface area contributed by atoms with Crippen LogP contribution in [0, 0.1) is 0 Å². The van der Waals surface area contributed by atoms with Crippen molar-refractivity contribution in [2.45, 2.75) is 4.90 Å². The van der Waals surface area contributed by atoms with Crippen molar-refractivity contribution in [2.24, 2.45) is 0 Å². The van der Waals surface area contributed by atoms with Gasteiger partial charge in [-0.25, -0.2) is 0 Å². The van der Waals surface area contributed by atoms with E-state index >= 15 is 0 Å². The molecule has 68 valence electrons. The average molecular weight is 230 g/mol. The summed E-state index contributed by atoms with van der Waals surface area (Å²) in [5.74, 6) is 0. The highest BCUT2D eigenvalue weighted by atomic mass is 35.5. The lowest BCUT2D eigenvalue weighted by molar-refractivity contribution is 1.57. The van der Waals surface area contributed by atoms with Crippen LogP contribution in [-0.4, -0.2) is 6.26 Å². The number of nitrogen functional groups attached to an aromatic ring is 1. The lowest BCUT2D eigenvalue weighted by atomic mass is 10.2. The van der Waals surface area contributed by atoms with E-state index in [0.29, 0.717) is 0 Å². The normalized spacial score (nSPS) is 10.9. The van der Waals surface area contributed by atoms with Gasteiger partial charge in [0.15, 0.2) is 0 Å². The summed E-state index contributed by atoms with van der Waals surface area (Å²) in [5, 5.41) is 1.17. The van der Waals surface area contributed by atoms with E-state index in [0.717, 1.165) is 14.7 Å². The Labute approximate surface area is 89.9 Å². The molecule has 2 rings (SSSR count). The van der Waals surface area contributed by atoms with E-state index in [1.165, 1.54) is 21.6 Å². The fourth-order valence-electron chi connectivity index (χ4n) is 1.27. The molecule has 0 radical (unpaired) electrons.